The third-order valence-electron chi connectivity index (χ3n) is 4.19. The van der Waals surface area contributed by atoms with Gasteiger partial charge in [-0.3, -0.25) is 0 Å². The number of nitrogen functional groups attached to an aromatic ring is 1. The molecule has 2 aromatic heterocycles. The molecule has 2 atom stereocenters. The molecule has 2 N–H and O–H groups in total. The molecular formula is C14H16N6O3S. The summed E-state index contributed by atoms with van der Waals surface area (Å²) in [4.78, 5) is 18.4. The standard InChI is InChI=1S/C14H16N6O3S/c1-24(21,22)14-18-11(8-4-16-13(15)17-5-8)3-12(19-14)20-6-10-2-9(20)7-23-10/h3-5,9-10H,2,6-7H2,1H3,(H2,15,16,17)/t9-,10-/m1/s1. The van der Waals surface area contributed by atoms with E-state index < -0.39 is 9.84 Å². The zero-order valence-corrected chi connectivity index (χ0v) is 13.8. The first-order valence-corrected chi connectivity index (χ1v) is 9.34. The predicted molar refractivity (Wildman–Crippen MR) is 86.1 cm³/mol. The molecule has 2 saturated heterocycles. The molecule has 0 unspecified atom stereocenters. The van der Waals surface area contributed by atoms with Gasteiger partial charge in [0.2, 0.25) is 20.9 Å². The number of morpholine rings is 1. The molecule has 24 heavy (non-hydrogen) atoms. The largest absolute Gasteiger partial charge is 0.374 e. The van der Waals surface area contributed by atoms with Crippen LogP contribution in [0.15, 0.2) is 23.6 Å². The molecule has 126 valence electrons. The number of aromatic nitrogens is 4. The van der Waals surface area contributed by atoms with E-state index in [-0.39, 0.29) is 23.3 Å². The lowest BCUT2D eigenvalue weighted by Gasteiger charge is -2.28. The van der Waals surface area contributed by atoms with Crippen molar-refractivity contribution in [3.63, 3.8) is 0 Å². The topological polar surface area (TPSA) is 124 Å². The molecule has 2 aliphatic rings. The van der Waals surface area contributed by atoms with Crippen molar-refractivity contribution in [1.29, 1.82) is 0 Å². The van der Waals surface area contributed by atoms with Crippen LogP contribution in [0.4, 0.5) is 11.8 Å². The fourth-order valence-electron chi connectivity index (χ4n) is 3.02. The fraction of sp³-hybridized carbons (Fsp3) is 0.429. The number of hydrogen-bond donors (Lipinski definition) is 1. The van der Waals surface area contributed by atoms with Crippen molar-refractivity contribution in [1.82, 2.24) is 19.9 Å². The second-order valence-electron chi connectivity index (χ2n) is 5.99. The molecule has 2 aromatic rings. The SMILES string of the molecule is CS(=O)(=O)c1nc(-c2cnc(N)nc2)cc(N2C[C@H]3C[C@@H]2CO3)n1. The van der Waals surface area contributed by atoms with E-state index in [1.807, 2.05) is 0 Å². The number of hydrogen-bond acceptors (Lipinski definition) is 9. The second-order valence-corrected chi connectivity index (χ2v) is 7.90. The number of sulfone groups is 1. The van der Waals surface area contributed by atoms with E-state index in [0.29, 0.717) is 30.2 Å². The smallest absolute Gasteiger partial charge is 0.249 e. The number of rotatable bonds is 3. The molecule has 4 rings (SSSR count). The van der Waals surface area contributed by atoms with Crippen LogP contribution in [-0.4, -0.2) is 59.9 Å². The Kier molecular flexibility index (Phi) is 3.39. The molecule has 0 spiro atoms. The predicted octanol–water partition coefficient (Wildman–Crippen LogP) is -0.103. The molecule has 2 fully saturated rings. The molecular weight excluding hydrogens is 332 g/mol. The highest BCUT2D eigenvalue weighted by molar-refractivity contribution is 7.90. The third kappa shape index (κ3) is 2.67. The minimum atomic E-state index is -3.55. The number of nitrogens with zero attached hydrogens (tertiary/aromatic N) is 5. The molecule has 10 heteroatoms. The molecule has 0 saturated carbocycles. The highest BCUT2D eigenvalue weighted by atomic mass is 32.2. The summed E-state index contributed by atoms with van der Waals surface area (Å²) < 4.78 is 29.5. The van der Waals surface area contributed by atoms with Crippen LogP contribution in [-0.2, 0) is 14.6 Å². The summed E-state index contributed by atoms with van der Waals surface area (Å²) >= 11 is 0. The average Bonchev–Trinajstić information content (AvgIpc) is 3.17. The Labute approximate surface area is 138 Å². The Bertz CT molecular complexity index is 886. The van der Waals surface area contributed by atoms with Gasteiger partial charge in [-0.15, -0.1) is 0 Å². The lowest BCUT2D eigenvalue weighted by atomic mass is 10.2. The van der Waals surface area contributed by atoms with Crippen molar-refractivity contribution in [3.8, 4) is 11.3 Å². The number of anilines is 2. The quantitative estimate of drug-likeness (QED) is 0.757. The Morgan fingerprint density at radius 3 is 2.62 bits per heavy atom. The lowest BCUT2D eigenvalue weighted by Crippen LogP contribution is -2.37. The normalized spacial score (nSPS) is 23.0. The van der Waals surface area contributed by atoms with Gasteiger partial charge in [-0.05, 0) is 6.42 Å². The van der Waals surface area contributed by atoms with Gasteiger partial charge in [0.25, 0.3) is 0 Å². The van der Waals surface area contributed by atoms with Crippen LogP contribution in [0.3, 0.4) is 0 Å². The van der Waals surface area contributed by atoms with Gasteiger partial charge < -0.3 is 15.4 Å². The van der Waals surface area contributed by atoms with Crippen LogP contribution < -0.4 is 10.6 Å². The van der Waals surface area contributed by atoms with Gasteiger partial charge in [0.1, 0.15) is 5.82 Å². The van der Waals surface area contributed by atoms with E-state index in [1.165, 1.54) is 12.4 Å². The second kappa shape index (κ2) is 5.35. The number of fused-ring (bicyclic) bond motifs is 2. The van der Waals surface area contributed by atoms with E-state index >= 15 is 0 Å². The fourth-order valence-corrected chi connectivity index (χ4v) is 3.55. The van der Waals surface area contributed by atoms with Crippen LogP contribution in [0.5, 0.6) is 0 Å². The van der Waals surface area contributed by atoms with Crippen LogP contribution in [0.2, 0.25) is 0 Å². The maximum Gasteiger partial charge on any atom is 0.249 e. The maximum atomic E-state index is 12.0. The Hall–Kier alpha value is -2.33. The number of nitrogens with two attached hydrogens (primary N) is 1. The van der Waals surface area contributed by atoms with Crippen LogP contribution in [0.25, 0.3) is 11.3 Å². The van der Waals surface area contributed by atoms with Crippen molar-refractivity contribution >= 4 is 21.6 Å². The van der Waals surface area contributed by atoms with E-state index in [0.717, 1.165) is 12.7 Å². The molecule has 0 radical (unpaired) electrons. The first kappa shape index (κ1) is 15.2. The van der Waals surface area contributed by atoms with E-state index in [2.05, 4.69) is 24.8 Å². The third-order valence-corrected chi connectivity index (χ3v) is 5.03. The molecule has 4 heterocycles. The molecule has 2 bridgehead atoms. The molecule has 0 amide bonds. The summed E-state index contributed by atoms with van der Waals surface area (Å²) in [6, 6.07) is 1.97. The summed E-state index contributed by atoms with van der Waals surface area (Å²) in [6.45, 7) is 1.33. The lowest BCUT2D eigenvalue weighted by molar-refractivity contribution is 0.0988. The maximum absolute atomic E-state index is 12.0. The van der Waals surface area contributed by atoms with Crippen LogP contribution in [0.1, 0.15) is 6.42 Å². The number of ether oxygens (including phenoxy) is 1. The first-order chi connectivity index (χ1) is 11.4. The zero-order valence-electron chi connectivity index (χ0n) is 13.0. The molecule has 9 nitrogen and oxygen atoms in total. The van der Waals surface area contributed by atoms with Gasteiger partial charge in [-0.2, -0.15) is 0 Å². The van der Waals surface area contributed by atoms with Gasteiger partial charge >= 0.3 is 0 Å². The monoisotopic (exact) mass is 348 g/mol. The van der Waals surface area contributed by atoms with E-state index in [9.17, 15) is 8.42 Å². The molecule has 0 aromatic carbocycles. The minimum absolute atomic E-state index is 0.144. The van der Waals surface area contributed by atoms with Crippen molar-refractivity contribution in [2.24, 2.45) is 0 Å². The van der Waals surface area contributed by atoms with Crippen LogP contribution in [0, 0.1) is 0 Å². The van der Waals surface area contributed by atoms with Gasteiger partial charge in [0.05, 0.1) is 24.4 Å². The van der Waals surface area contributed by atoms with Crippen molar-refractivity contribution < 1.29 is 13.2 Å². The Morgan fingerprint density at radius 2 is 2.04 bits per heavy atom. The molecule has 0 aliphatic carbocycles. The summed E-state index contributed by atoms with van der Waals surface area (Å²) in [5, 5.41) is -0.212. The van der Waals surface area contributed by atoms with Gasteiger partial charge in [0, 0.05) is 36.8 Å². The average molecular weight is 348 g/mol. The van der Waals surface area contributed by atoms with Crippen molar-refractivity contribution in [2.75, 3.05) is 30.0 Å². The van der Waals surface area contributed by atoms with Gasteiger partial charge in [0.15, 0.2) is 0 Å². The summed E-state index contributed by atoms with van der Waals surface area (Å²) in [5.74, 6) is 0.721. The summed E-state index contributed by atoms with van der Waals surface area (Å²) in [6.07, 6.45) is 5.22. The van der Waals surface area contributed by atoms with Crippen molar-refractivity contribution in [2.45, 2.75) is 23.7 Å². The Balaban J connectivity index is 1.82. The zero-order chi connectivity index (χ0) is 16.9. The van der Waals surface area contributed by atoms with Gasteiger partial charge in [-0.25, -0.2) is 28.4 Å². The summed E-state index contributed by atoms with van der Waals surface area (Å²) in [7, 11) is -3.55. The van der Waals surface area contributed by atoms with Crippen molar-refractivity contribution in [3.05, 3.63) is 18.5 Å². The van der Waals surface area contributed by atoms with Gasteiger partial charge in [-0.1, -0.05) is 0 Å². The highest BCUT2D eigenvalue weighted by Gasteiger charge is 2.40. The minimum Gasteiger partial charge on any atom is -0.374 e. The first-order valence-electron chi connectivity index (χ1n) is 7.45. The summed E-state index contributed by atoms with van der Waals surface area (Å²) in [5.41, 5.74) is 6.53. The van der Waals surface area contributed by atoms with Crippen LogP contribution >= 0.6 is 0 Å². The highest BCUT2D eigenvalue weighted by Crippen LogP contribution is 2.33. The Morgan fingerprint density at radius 1 is 1.29 bits per heavy atom. The molecule has 2 aliphatic heterocycles. The van der Waals surface area contributed by atoms with E-state index in [1.54, 1.807) is 6.07 Å². The van der Waals surface area contributed by atoms with E-state index in [4.69, 9.17) is 10.5 Å².